The predicted octanol–water partition coefficient (Wildman–Crippen LogP) is 2.98. The maximum absolute atomic E-state index is 12.0. The van der Waals surface area contributed by atoms with E-state index in [0.29, 0.717) is 17.8 Å². The van der Waals surface area contributed by atoms with Gasteiger partial charge in [0.2, 0.25) is 0 Å². The van der Waals surface area contributed by atoms with E-state index in [0.717, 1.165) is 38.8 Å². The summed E-state index contributed by atoms with van der Waals surface area (Å²) < 4.78 is 10.1. The van der Waals surface area contributed by atoms with Gasteiger partial charge in [-0.2, -0.15) is 0 Å². The molecule has 1 saturated carbocycles. The van der Waals surface area contributed by atoms with Crippen LogP contribution in [0.5, 0.6) is 0 Å². The molecule has 0 bridgehead atoms. The lowest BCUT2D eigenvalue weighted by molar-refractivity contribution is -0.144. The van der Waals surface area contributed by atoms with E-state index in [-0.39, 0.29) is 12.1 Å². The molecule has 0 N–H and O–H groups in total. The Hall–Kier alpha value is -1.26. The van der Waals surface area contributed by atoms with Crippen LogP contribution >= 0.6 is 0 Å². The molecule has 5 nitrogen and oxygen atoms in total. The number of esters is 1. The van der Waals surface area contributed by atoms with Gasteiger partial charge in [-0.1, -0.05) is 0 Å². The van der Waals surface area contributed by atoms with Crippen molar-refractivity contribution in [3.8, 4) is 0 Å². The van der Waals surface area contributed by atoms with Gasteiger partial charge in [0.05, 0.1) is 7.11 Å². The average Bonchev–Trinajstić information content (AvgIpc) is 2.35. The fourth-order valence-corrected chi connectivity index (χ4v) is 3.53. The quantitative estimate of drug-likeness (QED) is 0.735. The Morgan fingerprint density at radius 1 is 1.19 bits per heavy atom. The topological polar surface area (TPSA) is 55.8 Å². The number of hydrogen-bond acceptors (Lipinski definition) is 4. The Labute approximate surface area is 127 Å². The molecule has 1 aliphatic heterocycles. The first-order chi connectivity index (χ1) is 9.73. The Bertz CT molecular complexity index is 397. The third-order valence-electron chi connectivity index (χ3n) is 4.60. The van der Waals surface area contributed by atoms with Crippen LogP contribution in [-0.2, 0) is 14.3 Å². The van der Waals surface area contributed by atoms with Crippen LogP contribution in [0.4, 0.5) is 4.79 Å². The van der Waals surface area contributed by atoms with Crippen molar-refractivity contribution < 1.29 is 19.1 Å². The zero-order valence-electron chi connectivity index (χ0n) is 13.6. The molecule has 21 heavy (non-hydrogen) atoms. The molecule has 1 heterocycles. The largest absolute Gasteiger partial charge is 0.469 e. The number of methoxy groups -OCH3 is 1. The van der Waals surface area contributed by atoms with Crippen molar-refractivity contribution in [1.29, 1.82) is 0 Å². The fourth-order valence-electron chi connectivity index (χ4n) is 3.53. The third-order valence-corrected chi connectivity index (χ3v) is 4.60. The Morgan fingerprint density at radius 2 is 1.76 bits per heavy atom. The number of hydrogen-bond donors (Lipinski definition) is 0. The molecule has 1 aliphatic carbocycles. The molecule has 1 amide bonds. The Morgan fingerprint density at radius 3 is 2.24 bits per heavy atom. The summed E-state index contributed by atoms with van der Waals surface area (Å²) in [6.45, 7) is 7.19. The van der Waals surface area contributed by atoms with Crippen molar-refractivity contribution >= 4 is 12.1 Å². The zero-order chi connectivity index (χ0) is 15.7. The van der Waals surface area contributed by atoms with E-state index in [1.165, 1.54) is 7.11 Å². The average molecular weight is 297 g/mol. The van der Waals surface area contributed by atoms with Gasteiger partial charge >= 0.3 is 12.1 Å². The zero-order valence-corrected chi connectivity index (χ0v) is 13.6. The van der Waals surface area contributed by atoms with Crippen LogP contribution in [-0.4, -0.2) is 42.8 Å². The molecule has 2 fully saturated rings. The summed E-state index contributed by atoms with van der Waals surface area (Å²) in [4.78, 5) is 25.1. The second-order valence-corrected chi connectivity index (χ2v) is 7.52. The maximum atomic E-state index is 12.0. The number of likely N-dealkylation sites (tertiary alicyclic amines) is 1. The molecule has 0 aromatic heterocycles. The van der Waals surface area contributed by atoms with E-state index in [1.807, 2.05) is 25.7 Å². The van der Waals surface area contributed by atoms with Gasteiger partial charge in [0.1, 0.15) is 5.60 Å². The van der Waals surface area contributed by atoms with Gasteiger partial charge in [0.25, 0.3) is 0 Å². The van der Waals surface area contributed by atoms with Crippen molar-refractivity contribution in [2.45, 2.75) is 58.5 Å². The van der Waals surface area contributed by atoms with E-state index in [1.54, 1.807) is 0 Å². The summed E-state index contributed by atoms with van der Waals surface area (Å²) in [6, 6.07) is 0. The van der Waals surface area contributed by atoms with Crippen LogP contribution in [0.2, 0.25) is 0 Å². The Kier molecular flexibility index (Phi) is 4.49. The van der Waals surface area contributed by atoms with Crippen LogP contribution in [0.1, 0.15) is 52.9 Å². The first-order valence-corrected chi connectivity index (χ1v) is 7.78. The summed E-state index contributed by atoms with van der Waals surface area (Å²) in [6.07, 6.45) is 4.54. The molecule has 5 heteroatoms. The maximum Gasteiger partial charge on any atom is 0.410 e. The minimum Gasteiger partial charge on any atom is -0.469 e. The molecule has 0 aromatic rings. The van der Waals surface area contributed by atoms with Gasteiger partial charge < -0.3 is 14.4 Å². The number of nitrogens with zero attached hydrogens (tertiary/aromatic N) is 1. The third kappa shape index (κ3) is 4.11. The molecule has 0 radical (unpaired) electrons. The number of carbonyl (C=O) groups excluding carboxylic acids is 2. The van der Waals surface area contributed by atoms with Crippen molar-refractivity contribution in [2.75, 3.05) is 20.2 Å². The normalized spacial score (nSPS) is 21.8. The molecular formula is C16H27NO4. The van der Waals surface area contributed by atoms with Crippen molar-refractivity contribution in [2.24, 2.45) is 11.3 Å². The standard InChI is InChI=1S/C16H27NO4/c1-15(2,3)21-14(19)17-7-5-16(6-8-17)10-12(11-16)9-13(18)20-4/h12H,5-11H2,1-4H3. The lowest BCUT2D eigenvalue weighted by atomic mass is 9.57. The summed E-state index contributed by atoms with van der Waals surface area (Å²) >= 11 is 0. The van der Waals surface area contributed by atoms with E-state index in [4.69, 9.17) is 9.47 Å². The second kappa shape index (κ2) is 5.85. The van der Waals surface area contributed by atoms with Crippen LogP contribution in [0.15, 0.2) is 0 Å². The summed E-state index contributed by atoms with van der Waals surface area (Å²) in [5.74, 6) is 0.353. The summed E-state index contributed by atoms with van der Waals surface area (Å²) in [7, 11) is 1.44. The SMILES string of the molecule is COC(=O)CC1CC2(CCN(C(=O)OC(C)(C)C)CC2)C1. The molecule has 120 valence electrons. The number of rotatable bonds is 2. The van der Waals surface area contributed by atoms with Gasteiger partial charge in [0, 0.05) is 19.5 Å². The molecule has 2 rings (SSSR count). The highest BCUT2D eigenvalue weighted by Crippen LogP contribution is 2.53. The fraction of sp³-hybridized carbons (Fsp3) is 0.875. The lowest BCUT2D eigenvalue weighted by Gasteiger charge is -2.52. The highest BCUT2D eigenvalue weighted by Gasteiger charge is 2.47. The predicted molar refractivity (Wildman–Crippen MR) is 78.8 cm³/mol. The van der Waals surface area contributed by atoms with E-state index < -0.39 is 5.60 Å². The molecule has 0 unspecified atom stereocenters. The summed E-state index contributed by atoms with van der Waals surface area (Å²) in [5.41, 5.74) is -0.0918. The van der Waals surface area contributed by atoms with Gasteiger partial charge in [-0.05, 0) is 57.8 Å². The van der Waals surface area contributed by atoms with Crippen LogP contribution < -0.4 is 0 Å². The van der Waals surface area contributed by atoms with Gasteiger partial charge in [-0.25, -0.2) is 4.79 Å². The van der Waals surface area contributed by atoms with Crippen LogP contribution in [0.25, 0.3) is 0 Å². The van der Waals surface area contributed by atoms with Crippen molar-refractivity contribution in [3.05, 3.63) is 0 Å². The second-order valence-electron chi connectivity index (χ2n) is 7.52. The minimum atomic E-state index is -0.436. The summed E-state index contributed by atoms with van der Waals surface area (Å²) in [5, 5.41) is 0. The molecule has 1 spiro atoms. The highest BCUT2D eigenvalue weighted by atomic mass is 16.6. The molecule has 2 aliphatic rings. The van der Waals surface area contributed by atoms with Crippen LogP contribution in [0.3, 0.4) is 0 Å². The highest BCUT2D eigenvalue weighted by molar-refractivity contribution is 5.69. The lowest BCUT2D eigenvalue weighted by Crippen LogP contribution is -2.50. The number of carbonyl (C=O) groups is 2. The molecule has 0 atom stereocenters. The van der Waals surface area contributed by atoms with E-state index in [2.05, 4.69) is 0 Å². The monoisotopic (exact) mass is 297 g/mol. The number of amides is 1. The van der Waals surface area contributed by atoms with Crippen molar-refractivity contribution in [3.63, 3.8) is 0 Å². The first-order valence-electron chi connectivity index (χ1n) is 7.78. The van der Waals surface area contributed by atoms with Gasteiger partial charge in [-0.15, -0.1) is 0 Å². The Balaban J connectivity index is 1.75. The van der Waals surface area contributed by atoms with Gasteiger partial charge in [0.15, 0.2) is 0 Å². The van der Waals surface area contributed by atoms with Crippen molar-refractivity contribution in [1.82, 2.24) is 4.90 Å². The first kappa shape index (κ1) is 16.1. The van der Waals surface area contributed by atoms with Gasteiger partial charge in [-0.3, -0.25) is 4.79 Å². The minimum absolute atomic E-state index is 0.110. The molecular weight excluding hydrogens is 270 g/mol. The smallest absolute Gasteiger partial charge is 0.410 e. The van der Waals surface area contributed by atoms with E-state index in [9.17, 15) is 9.59 Å². The van der Waals surface area contributed by atoms with E-state index >= 15 is 0 Å². The number of piperidine rings is 1. The van der Waals surface area contributed by atoms with Crippen LogP contribution in [0, 0.1) is 11.3 Å². The molecule has 0 aromatic carbocycles. The molecule has 1 saturated heterocycles. The number of ether oxygens (including phenoxy) is 2.